The van der Waals surface area contributed by atoms with E-state index in [0.29, 0.717) is 35.9 Å². The maximum Gasteiger partial charge on any atom is 0.407 e. The summed E-state index contributed by atoms with van der Waals surface area (Å²) in [6.45, 7) is 20.4. The van der Waals surface area contributed by atoms with E-state index in [1.165, 1.54) is 0 Å². The van der Waals surface area contributed by atoms with Crippen LogP contribution in [0.5, 0.6) is 0 Å². The number of hydrogen-bond acceptors (Lipinski definition) is 10. The van der Waals surface area contributed by atoms with Crippen molar-refractivity contribution in [1.82, 2.24) is 10.6 Å². The van der Waals surface area contributed by atoms with Crippen LogP contribution in [0.3, 0.4) is 0 Å². The molecule has 0 fully saturated rings. The first kappa shape index (κ1) is 57.2. The number of esters is 2. The first-order chi connectivity index (χ1) is 31.9. The van der Waals surface area contributed by atoms with Crippen LogP contribution in [-0.4, -0.2) is 85.6 Å². The molecule has 0 saturated heterocycles. The number of benzene rings is 4. The van der Waals surface area contributed by atoms with Crippen molar-refractivity contribution in [1.29, 1.82) is 0 Å². The number of halogens is 2. The molecule has 2 amide bonds. The van der Waals surface area contributed by atoms with Crippen LogP contribution >= 0.6 is 23.2 Å². The van der Waals surface area contributed by atoms with E-state index in [4.69, 9.17) is 46.9 Å². The monoisotopic (exact) mass is 978 g/mol. The fraction of sp³-hybridized carbons (Fsp3) is 0.481. The normalized spacial score (nSPS) is 14.1. The predicted molar refractivity (Wildman–Crippen MR) is 270 cm³/mol. The Hall–Kier alpha value is -5.14. The zero-order valence-corrected chi connectivity index (χ0v) is 43.1. The van der Waals surface area contributed by atoms with E-state index in [9.17, 15) is 24.3 Å². The van der Waals surface area contributed by atoms with Gasteiger partial charge in [0.2, 0.25) is 0 Å². The SMILES string of the molecule is CCOC(=O)[C@](C)(CO)C[C@@H](Cc1ccc(-c2cccc(Cl)c2)cc1)NC(=O)OC(C)(C)C.CCOC[C@](C)(C[C@@H](Cc1ccc(-c2cccc(Cl)c2)cc1)NC(=O)OC(C)(C)C)C(=O)OCC. The smallest absolute Gasteiger partial charge is 0.407 e. The molecule has 0 radical (unpaired) electrons. The van der Waals surface area contributed by atoms with Gasteiger partial charge in [0, 0.05) is 28.7 Å². The third-order valence-electron chi connectivity index (χ3n) is 10.5. The summed E-state index contributed by atoms with van der Waals surface area (Å²) in [5.74, 6) is -0.847. The minimum atomic E-state index is -1.16. The number of ether oxygens (including phenoxy) is 5. The van der Waals surface area contributed by atoms with Gasteiger partial charge in [-0.2, -0.15) is 0 Å². The summed E-state index contributed by atoms with van der Waals surface area (Å²) in [5.41, 5.74) is 2.70. The molecule has 0 heterocycles. The average Bonchev–Trinajstić information content (AvgIpc) is 3.25. The quantitative estimate of drug-likeness (QED) is 0.0575. The fourth-order valence-corrected chi connectivity index (χ4v) is 7.69. The second kappa shape index (κ2) is 26.6. The van der Waals surface area contributed by atoms with Crippen molar-refractivity contribution in [3.05, 3.63) is 118 Å². The molecule has 4 atom stereocenters. The van der Waals surface area contributed by atoms with Crippen molar-refractivity contribution in [2.75, 3.05) is 33.0 Å². The van der Waals surface area contributed by atoms with Gasteiger partial charge in [-0.25, -0.2) is 9.59 Å². The summed E-state index contributed by atoms with van der Waals surface area (Å²) in [7, 11) is 0. The van der Waals surface area contributed by atoms with Gasteiger partial charge in [-0.15, -0.1) is 0 Å². The first-order valence-electron chi connectivity index (χ1n) is 23.1. The molecule has 14 heteroatoms. The lowest BCUT2D eigenvalue weighted by molar-refractivity contribution is -0.159. The molecule has 0 aromatic heterocycles. The first-order valence-corrected chi connectivity index (χ1v) is 23.9. The van der Waals surface area contributed by atoms with Gasteiger partial charge in [-0.1, -0.05) is 96.0 Å². The summed E-state index contributed by atoms with van der Waals surface area (Å²) in [6, 6.07) is 30.5. The van der Waals surface area contributed by atoms with Gasteiger partial charge in [0.1, 0.15) is 11.2 Å². The topological polar surface area (TPSA) is 159 Å². The Bertz CT molecular complexity index is 2220. The van der Waals surface area contributed by atoms with Crippen molar-refractivity contribution >= 4 is 47.3 Å². The van der Waals surface area contributed by atoms with Gasteiger partial charge in [-0.3, -0.25) is 9.59 Å². The van der Waals surface area contributed by atoms with E-state index in [2.05, 4.69) is 10.6 Å². The largest absolute Gasteiger partial charge is 0.466 e. The Balaban J connectivity index is 0.000000361. The molecular weight excluding hydrogens is 908 g/mol. The van der Waals surface area contributed by atoms with Gasteiger partial charge in [0.05, 0.1) is 37.3 Å². The minimum absolute atomic E-state index is 0.192. The number of rotatable bonds is 20. The van der Waals surface area contributed by atoms with E-state index < -0.39 is 52.8 Å². The van der Waals surface area contributed by atoms with E-state index >= 15 is 0 Å². The third kappa shape index (κ3) is 19.8. The molecule has 0 bridgehead atoms. The van der Waals surface area contributed by atoms with E-state index in [1.54, 1.807) is 41.5 Å². The number of carbonyl (C=O) groups is 4. The van der Waals surface area contributed by atoms with Gasteiger partial charge in [-0.05, 0) is 159 Å². The number of alkyl carbamates (subject to hydrolysis) is 2. The molecule has 12 nitrogen and oxygen atoms in total. The maximum atomic E-state index is 12.8. The van der Waals surface area contributed by atoms with Crippen LogP contribution in [0.4, 0.5) is 9.59 Å². The Labute approximate surface area is 413 Å². The molecule has 0 spiro atoms. The Morgan fingerprint density at radius 1 is 0.544 bits per heavy atom. The fourth-order valence-electron chi connectivity index (χ4n) is 7.31. The van der Waals surface area contributed by atoms with Crippen LogP contribution in [0.25, 0.3) is 22.3 Å². The molecule has 4 rings (SSSR count). The number of carbonyl (C=O) groups excluding carboxylic acids is 4. The molecule has 4 aromatic carbocycles. The van der Waals surface area contributed by atoms with Crippen molar-refractivity contribution in [3.63, 3.8) is 0 Å². The lowest BCUT2D eigenvalue weighted by Gasteiger charge is -2.32. The highest BCUT2D eigenvalue weighted by atomic mass is 35.5. The van der Waals surface area contributed by atoms with Crippen molar-refractivity contribution in [2.24, 2.45) is 10.8 Å². The highest BCUT2D eigenvalue weighted by molar-refractivity contribution is 6.31. The highest BCUT2D eigenvalue weighted by Crippen LogP contribution is 2.31. The Morgan fingerprint density at radius 2 is 0.926 bits per heavy atom. The van der Waals surface area contributed by atoms with Crippen molar-refractivity contribution in [2.45, 2.75) is 125 Å². The van der Waals surface area contributed by atoms with Gasteiger partial charge in [0.25, 0.3) is 0 Å². The van der Waals surface area contributed by atoms with Crippen LogP contribution in [0, 0.1) is 10.8 Å². The second-order valence-electron chi connectivity index (χ2n) is 19.3. The number of aliphatic hydroxyl groups excluding tert-OH is 1. The van der Waals surface area contributed by atoms with Crippen LogP contribution < -0.4 is 10.6 Å². The average molecular weight is 980 g/mol. The molecule has 0 saturated carbocycles. The van der Waals surface area contributed by atoms with E-state index in [-0.39, 0.29) is 38.3 Å². The number of hydrogen-bond donors (Lipinski definition) is 3. The van der Waals surface area contributed by atoms with E-state index in [0.717, 1.165) is 33.4 Å². The predicted octanol–water partition coefficient (Wildman–Crippen LogP) is 11.8. The molecule has 3 N–H and O–H groups in total. The Morgan fingerprint density at radius 3 is 1.26 bits per heavy atom. The summed E-state index contributed by atoms with van der Waals surface area (Å²) in [6.07, 6.45) is 0.381. The Kier molecular flexibility index (Phi) is 22.3. The van der Waals surface area contributed by atoms with Gasteiger partial charge < -0.3 is 39.4 Å². The van der Waals surface area contributed by atoms with Gasteiger partial charge >= 0.3 is 24.1 Å². The molecule has 0 aliphatic heterocycles. The number of nitrogens with one attached hydrogen (secondary N) is 2. The number of aliphatic hydroxyl groups is 1. The maximum absolute atomic E-state index is 12.8. The van der Waals surface area contributed by atoms with Crippen LogP contribution in [-0.2, 0) is 46.1 Å². The minimum Gasteiger partial charge on any atom is -0.466 e. The van der Waals surface area contributed by atoms with Crippen molar-refractivity contribution < 1.29 is 48.0 Å². The van der Waals surface area contributed by atoms with Crippen molar-refractivity contribution in [3.8, 4) is 22.3 Å². The summed E-state index contributed by atoms with van der Waals surface area (Å²) in [4.78, 5) is 50.4. The highest BCUT2D eigenvalue weighted by Gasteiger charge is 2.39. The molecule has 68 heavy (non-hydrogen) atoms. The third-order valence-corrected chi connectivity index (χ3v) is 11.0. The lowest BCUT2D eigenvalue weighted by atomic mass is 9.82. The van der Waals surface area contributed by atoms with Crippen LogP contribution in [0.2, 0.25) is 10.0 Å². The van der Waals surface area contributed by atoms with Crippen LogP contribution in [0.15, 0.2) is 97.1 Å². The number of amides is 2. The van der Waals surface area contributed by atoms with E-state index in [1.807, 2.05) is 132 Å². The molecule has 4 aromatic rings. The zero-order valence-electron chi connectivity index (χ0n) is 41.6. The van der Waals surface area contributed by atoms with Gasteiger partial charge in [0.15, 0.2) is 0 Å². The summed E-state index contributed by atoms with van der Waals surface area (Å²) in [5, 5.41) is 17.1. The lowest BCUT2D eigenvalue weighted by Crippen LogP contribution is -2.46. The van der Waals surface area contributed by atoms with Crippen LogP contribution in [0.1, 0.15) is 100 Å². The second-order valence-corrected chi connectivity index (χ2v) is 20.1. The summed E-state index contributed by atoms with van der Waals surface area (Å²) >= 11 is 12.2. The molecule has 0 unspecified atom stereocenters. The molecule has 0 aliphatic carbocycles. The molecule has 0 aliphatic rings. The summed E-state index contributed by atoms with van der Waals surface area (Å²) < 4.78 is 27.0. The molecule has 372 valence electrons. The molecular formula is C54H72Cl2N2O10. The zero-order chi connectivity index (χ0) is 50.7. The standard InChI is InChI=1S/C28H38ClNO5.C26H34ClNO5/c1-7-33-19-28(6,25(31)34-8-2)18-24(30-26(32)35-27(3,4)5)16-20-12-14-21(15-13-20)22-10-9-11-23(29)17-22;1-6-32-23(30)26(5,17-29)16-22(28-24(31)33-25(2,3)4)14-18-10-12-19(13-11-18)20-8-7-9-21(27)15-20/h9-15,17,24H,7-8,16,18-19H2,1-6H3,(H,30,32);7-13,15,22,29H,6,14,16-17H2,1-5H3,(H,28,31)/t24-,28+;22-,26+/m11/s1.